The largest absolute Gasteiger partial charge is 0.494 e. The lowest BCUT2D eigenvalue weighted by atomic mass is 10.3. The third-order valence-electron chi connectivity index (χ3n) is 3.35. The number of anilines is 4. The SMILES string of the molecule is CCOc1ccc(Nc2ncnc(N(CC)CC)c2N)cc1. The summed E-state index contributed by atoms with van der Waals surface area (Å²) in [6, 6.07) is 7.69. The van der Waals surface area contributed by atoms with Gasteiger partial charge in [-0.1, -0.05) is 0 Å². The third-order valence-corrected chi connectivity index (χ3v) is 3.35. The Balaban J connectivity index is 2.20. The molecule has 1 aromatic carbocycles. The van der Waals surface area contributed by atoms with Crippen molar-refractivity contribution >= 4 is 23.0 Å². The van der Waals surface area contributed by atoms with E-state index in [0.717, 1.165) is 30.3 Å². The van der Waals surface area contributed by atoms with Gasteiger partial charge in [-0.05, 0) is 45.0 Å². The minimum atomic E-state index is 0.556. The molecule has 118 valence electrons. The Morgan fingerprint density at radius 2 is 1.77 bits per heavy atom. The van der Waals surface area contributed by atoms with Gasteiger partial charge in [0.15, 0.2) is 11.6 Å². The highest BCUT2D eigenvalue weighted by Gasteiger charge is 2.12. The van der Waals surface area contributed by atoms with Gasteiger partial charge in [-0.2, -0.15) is 0 Å². The number of nitrogens with one attached hydrogen (secondary N) is 1. The fourth-order valence-electron chi connectivity index (χ4n) is 2.20. The van der Waals surface area contributed by atoms with Gasteiger partial charge < -0.3 is 20.7 Å². The monoisotopic (exact) mass is 301 g/mol. The first-order chi connectivity index (χ1) is 10.7. The summed E-state index contributed by atoms with van der Waals surface area (Å²) in [5.41, 5.74) is 7.66. The Kier molecular flexibility index (Phi) is 5.41. The van der Waals surface area contributed by atoms with Crippen molar-refractivity contribution in [1.82, 2.24) is 9.97 Å². The Labute approximate surface area is 131 Å². The van der Waals surface area contributed by atoms with Gasteiger partial charge in [0.2, 0.25) is 0 Å². The molecule has 0 saturated heterocycles. The first kappa shape index (κ1) is 15.9. The number of ether oxygens (including phenoxy) is 1. The molecule has 0 atom stereocenters. The number of nitrogen functional groups attached to an aromatic ring is 1. The van der Waals surface area contributed by atoms with E-state index < -0.39 is 0 Å². The number of benzene rings is 1. The molecule has 2 aromatic rings. The van der Waals surface area contributed by atoms with E-state index in [9.17, 15) is 0 Å². The van der Waals surface area contributed by atoms with E-state index in [1.54, 1.807) is 0 Å². The van der Waals surface area contributed by atoms with Crippen LogP contribution in [0, 0.1) is 0 Å². The first-order valence-electron chi connectivity index (χ1n) is 7.54. The summed E-state index contributed by atoms with van der Waals surface area (Å²) in [5, 5.41) is 3.23. The van der Waals surface area contributed by atoms with Crippen LogP contribution in [0.3, 0.4) is 0 Å². The molecule has 0 spiro atoms. The van der Waals surface area contributed by atoms with Crippen LogP contribution in [-0.4, -0.2) is 29.7 Å². The molecule has 6 nitrogen and oxygen atoms in total. The summed E-state index contributed by atoms with van der Waals surface area (Å²) in [6.07, 6.45) is 1.53. The first-order valence-corrected chi connectivity index (χ1v) is 7.54. The van der Waals surface area contributed by atoms with E-state index in [0.29, 0.717) is 18.1 Å². The van der Waals surface area contributed by atoms with Crippen LogP contribution in [0.1, 0.15) is 20.8 Å². The zero-order valence-corrected chi connectivity index (χ0v) is 13.3. The van der Waals surface area contributed by atoms with Crippen molar-refractivity contribution in [3.8, 4) is 5.75 Å². The van der Waals surface area contributed by atoms with Crippen LogP contribution >= 0.6 is 0 Å². The van der Waals surface area contributed by atoms with Crippen molar-refractivity contribution in [2.45, 2.75) is 20.8 Å². The molecule has 2 rings (SSSR count). The van der Waals surface area contributed by atoms with Gasteiger partial charge in [0.25, 0.3) is 0 Å². The van der Waals surface area contributed by atoms with Crippen LogP contribution in [0.25, 0.3) is 0 Å². The molecule has 1 heterocycles. The summed E-state index contributed by atoms with van der Waals surface area (Å²) in [5.74, 6) is 2.21. The highest BCUT2D eigenvalue weighted by molar-refractivity contribution is 5.78. The number of hydrogen-bond acceptors (Lipinski definition) is 6. The third kappa shape index (κ3) is 3.58. The molecular formula is C16H23N5O. The van der Waals surface area contributed by atoms with Gasteiger partial charge in [0.1, 0.15) is 17.8 Å². The predicted molar refractivity (Wildman–Crippen MR) is 90.9 cm³/mol. The quantitative estimate of drug-likeness (QED) is 0.818. The predicted octanol–water partition coefficient (Wildman–Crippen LogP) is 3.05. The topological polar surface area (TPSA) is 76.3 Å². The molecule has 0 aliphatic carbocycles. The van der Waals surface area contributed by atoms with Gasteiger partial charge in [0, 0.05) is 18.8 Å². The zero-order valence-electron chi connectivity index (χ0n) is 13.3. The average Bonchev–Trinajstić information content (AvgIpc) is 2.54. The lowest BCUT2D eigenvalue weighted by Crippen LogP contribution is -2.24. The van der Waals surface area contributed by atoms with Gasteiger partial charge in [-0.3, -0.25) is 0 Å². The van der Waals surface area contributed by atoms with E-state index in [1.807, 2.05) is 31.2 Å². The Morgan fingerprint density at radius 3 is 2.36 bits per heavy atom. The second-order valence-corrected chi connectivity index (χ2v) is 4.71. The summed E-state index contributed by atoms with van der Waals surface area (Å²) in [7, 11) is 0. The maximum atomic E-state index is 6.21. The molecule has 0 fully saturated rings. The van der Waals surface area contributed by atoms with Gasteiger partial charge in [-0.15, -0.1) is 0 Å². The van der Waals surface area contributed by atoms with Crippen molar-refractivity contribution in [3.63, 3.8) is 0 Å². The van der Waals surface area contributed by atoms with E-state index in [4.69, 9.17) is 10.5 Å². The standard InChI is InChI=1S/C16H23N5O/c1-4-21(5-2)16-14(17)15(18-11-19-16)20-12-7-9-13(10-8-12)22-6-3/h7-11H,4-6,17H2,1-3H3,(H,18,19,20). The number of nitrogens with two attached hydrogens (primary N) is 1. The molecule has 1 aromatic heterocycles. The Bertz CT molecular complexity index is 596. The minimum Gasteiger partial charge on any atom is -0.494 e. The second-order valence-electron chi connectivity index (χ2n) is 4.71. The molecule has 0 amide bonds. The second kappa shape index (κ2) is 7.49. The van der Waals surface area contributed by atoms with Crippen LogP contribution in [0.2, 0.25) is 0 Å². The Hall–Kier alpha value is -2.50. The van der Waals surface area contributed by atoms with Crippen LogP contribution < -0.4 is 20.7 Å². The zero-order chi connectivity index (χ0) is 15.9. The van der Waals surface area contributed by atoms with Crippen molar-refractivity contribution in [2.75, 3.05) is 35.6 Å². The fraction of sp³-hybridized carbons (Fsp3) is 0.375. The van der Waals surface area contributed by atoms with Gasteiger partial charge in [0.05, 0.1) is 6.61 Å². The molecule has 0 aliphatic heterocycles. The van der Waals surface area contributed by atoms with E-state index in [-0.39, 0.29) is 0 Å². The average molecular weight is 301 g/mol. The molecule has 0 saturated carbocycles. The molecule has 6 heteroatoms. The molecular weight excluding hydrogens is 278 g/mol. The van der Waals surface area contributed by atoms with E-state index >= 15 is 0 Å². The summed E-state index contributed by atoms with van der Waals surface area (Å²) in [6.45, 7) is 8.46. The molecule has 0 bridgehead atoms. The lowest BCUT2D eigenvalue weighted by Gasteiger charge is -2.22. The van der Waals surface area contributed by atoms with Crippen molar-refractivity contribution in [3.05, 3.63) is 30.6 Å². The molecule has 22 heavy (non-hydrogen) atoms. The van der Waals surface area contributed by atoms with Crippen molar-refractivity contribution < 1.29 is 4.74 Å². The van der Waals surface area contributed by atoms with Crippen LogP contribution in [0.5, 0.6) is 5.75 Å². The van der Waals surface area contributed by atoms with Crippen molar-refractivity contribution in [2.24, 2.45) is 0 Å². The van der Waals surface area contributed by atoms with Crippen LogP contribution in [0.15, 0.2) is 30.6 Å². The van der Waals surface area contributed by atoms with Gasteiger partial charge >= 0.3 is 0 Å². The van der Waals surface area contributed by atoms with E-state index in [2.05, 4.69) is 34.0 Å². The fourth-order valence-corrected chi connectivity index (χ4v) is 2.20. The molecule has 3 N–H and O–H groups in total. The summed E-state index contributed by atoms with van der Waals surface area (Å²) < 4.78 is 5.43. The van der Waals surface area contributed by atoms with Gasteiger partial charge in [-0.25, -0.2) is 9.97 Å². The number of rotatable bonds is 7. The lowest BCUT2D eigenvalue weighted by molar-refractivity contribution is 0.340. The van der Waals surface area contributed by atoms with Crippen LogP contribution in [-0.2, 0) is 0 Å². The minimum absolute atomic E-state index is 0.556. The van der Waals surface area contributed by atoms with Crippen molar-refractivity contribution in [1.29, 1.82) is 0 Å². The number of hydrogen-bond donors (Lipinski definition) is 2. The molecule has 0 aliphatic rings. The molecule has 0 radical (unpaired) electrons. The maximum absolute atomic E-state index is 6.21. The van der Waals surface area contributed by atoms with Crippen LogP contribution in [0.4, 0.5) is 23.0 Å². The normalized spacial score (nSPS) is 10.3. The Morgan fingerprint density at radius 1 is 1.09 bits per heavy atom. The van der Waals surface area contributed by atoms with E-state index in [1.165, 1.54) is 6.33 Å². The summed E-state index contributed by atoms with van der Waals surface area (Å²) in [4.78, 5) is 10.6. The highest BCUT2D eigenvalue weighted by atomic mass is 16.5. The summed E-state index contributed by atoms with van der Waals surface area (Å²) >= 11 is 0. The number of nitrogens with zero attached hydrogens (tertiary/aromatic N) is 3. The molecule has 0 unspecified atom stereocenters. The number of aromatic nitrogens is 2. The smallest absolute Gasteiger partial charge is 0.159 e. The maximum Gasteiger partial charge on any atom is 0.159 e. The highest BCUT2D eigenvalue weighted by Crippen LogP contribution is 2.28.